The summed E-state index contributed by atoms with van der Waals surface area (Å²) in [6, 6.07) is 23.5. The van der Waals surface area contributed by atoms with Gasteiger partial charge in [-0.3, -0.25) is 4.79 Å². The number of benzene rings is 3. The predicted molar refractivity (Wildman–Crippen MR) is 102 cm³/mol. The van der Waals surface area contributed by atoms with Crippen LogP contribution in [0.3, 0.4) is 0 Å². The van der Waals surface area contributed by atoms with Gasteiger partial charge in [-0.2, -0.15) is 5.26 Å². The Bertz CT molecular complexity index is 1140. The van der Waals surface area contributed by atoms with E-state index in [4.69, 9.17) is 0 Å². The van der Waals surface area contributed by atoms with E-state index in [-0.39, 0.29) is 5.78 Å². The summed E-state index contributed by atoms with van der Waals surface area (Å²) in [6.07, 6.45) is 3.22. The highest BCUT2D eigenvalue weighted by atomic mass is 16.1. The number of carbonyl (C=O) groups is 1. The number of nitrogens with one attached hydrogen (secondary N) is 1. The van der Waals surface area contributed by atoms with Gasteiger partial charge in [-0.05, 0) is 34.5 Å². The molecule has 4 aromatic rings. The second-order valence-corrected chi connectivity index (χ2v) is 6.01. The van der Waals surface area contributed by atoms with Crippen molar-refractivity contribution in [3.8, 4) is 6.07 Å². The monoisotopic (exact) mass is 337 g/mol. The molecule has 4 rings (SSSR count). The molecule has 0 radical (unpaired) electrons. The van der Waals surface area contributed by atoms with Crippen LogP contribution >= 0.6 is 0 Å². The molecule has 0 aliphatic heterocycles. The molecule has 1 N–H and O–H groups in total. The van der Waals surface area contributed by atoms with Crippen LogP contribution in [0.5, 0.6) is 0 Å². The summed E-state index contributed by atoms with van der Waals surface area (Å²) in [5, 5.41) is 11.7. The van der Waals surface area contributed by atoms with Gasteiger partial charge in [-0.25, -0.2) is 4.98 Å². The van der Waals surface area contributed by atoms with Crippen molar-refractivity contribution in [2.45, 2.75) is 5.92 Å². The average Bonchev–Trinajstić information content (AvgIpc) is 3.10. The number of H-pyrrole nitrogens is 1. The van der Waals surface area contributed by atoms with Gasteiger partial charge < -0.3 is 4.98 Å². The molecule has 1 unspecified atom stereocenters. The molecule has 0 fully saturated rings. The quantitative estimate of drug-likeness (QED) is 0.553. The molecule has 0 bridgehead atoms. The second-order valence-electron chi connectivity index (χ2n) is 6.01. The van der Waals surface area contributed by atoms with Crippen molar-refractivity contribution in [2.75, 3.05) is 0 Å². The van der Waals surface area contributed by atoms with Crippen LogP contribution in [0.2, 0.25) is 0 Å². The first-order valence-corrected chi connectivity index (χ1v) is 8.30. The SMILES string of the molecule is N#CC(C(=O)/C=C/c1cccc2ccccc12)c1nc2ccccc2[nH]1. The molecule has 1 aromatic heterocycles. The Balaban J connectivity index is 1.65. The summed E-state index contributed by atoms with van der Waals surface area (Å²) >= 11 is 0. The fourth-order valence-corrected chi connectivity index (χ4v) is 3.03. The molecule has 0 amide bonds. The number of hydrogen-bond acceptors (Lipinski definition) is 3. The summed E-state index contributed by atoms with van der Waals surface area (Å²) in [5.74, 6) is -0.866. The second kappa shape index (κ2) is 6.66. The van der Waals surface area contributed by atoms with Crippen molar-refractivity contribution in [2.24, 2.45) is 0 Å². The number of rotatable bonds is 4. The molecule has 0 spiro atoms. The average molecular weight is 337 g/mol. The Labute approximate surface area is 150 Å². The minimum Gasteiger partial charge on any atom is -0.340 e. The van der Waals surface area contributed by atoms with Gasteiger partial charge in [0.15, 0.2) is 11.7 Å². The third kappa shape index (κ3) is 2.87. The lowest BCUT2D eigenvalue weighted by Gasteiger charge is -2.03. The number of imidazole rings is 1. The first-order chi connectivity index (χ1) is 12.8. The molecule has 0 aliphatic carbocycles. The Hall–Kier alpha value is -3.71. The minimum atomic E-state index is -0.950. The fraction of sp³-hybridized carbons (Fsp3) is 0.0455. The van der Waals surface area contributed by atoms with Crippen LogP contribution in [0, 0.1) is 11.3 Å². The number of ketones is 1. The van der Waals surface area contributed by atoms with E-state index in [1.165, 1.54) is 6.08 Å². The fourth-order valence-electron chi connectivity index (χ4n) is 3.03. The third-order valence-corrected chi connectivity index (χ3v) is 4.35. The lowest BCUT2D eigenvalue weighted by molar-refractivity contribution is -0.114. The van der Waals surface area contributed by atoms with Gasteiger partial charge >= 0.3 is 0 Å². The van der Waals surface area contributed by atoms with Crippen molar-refractivity contribution in [1.29, 1.82) is 5.26 Å². The Morgan fingerprint density at radius 2 is 1.81 bits per heavy atom. The highest BCUT2D eigenvalue weighted by Crippen LogP contribution is 2.22. The van der Waals surface area contributed by atoms with Crippen LogP contribution in [0.1, 0.15) is 17.3 Å². The topological polar surface area (TPSA) is 69.5 Å². The van der Waals surface area contributed by atoms with Crippen LogP contribution in [-0.4, -0.2) is 15.8 Å². The zero-order valence-corrected chi connectivity index (χ0v) is 13.9. The maximum Gasteiger partial charge on any atom is 0.180 e. The summed E-state index contributed by atoms with van der Waals surface area (Å²) in [4.78, 5) is 20.0. The van der Waals surface area contributed by atoms with E-state index in [2.05, 4.69) is 16.0 Å². The van der Waals surface area contributed by atoms with Crippen molar-refractivity contribution >= 4 is 33.7 Å². The molecular formula is C22H15N3O. The van der Waals surface area contributed by atoms with Crippen LogP contribution in [-0.2, 0) is 4.79 Å². The van der Waals surface area contributed by atoms with E-state index >= 15 is 0 Å². The van der Waals surface area contributed by atoms with E-state index in [1.807, 2.05) is 66.7 Å². The molecule has 0 aliphatic rings. The molecule has 1 atom stereocenters. The standard InChI is InChI=1S/C22H15N3O/c23-14-18(22-24-19-10-3-4-11-20(19)25-22)21(26)13-12-16-8-5-7-15-6-1-2-9-17(15)16/h1-13,18H,(H,24,25)/b13-12+. The summed E-state index contributed by atoms with van der Waals surface area (Å²) in [5.41, 5.74) is 2.50. The van der Waals surface area contributed by atoms with E-state index < -0.39 is 5.92 Å². The van der Waals surface area contributed by atoms with Gasteiger partial charge in [0.25, 0.3) is 0 Å². The zero-order chi connectivity index (χ0) is 17.9. The van der Waals surface area contributed by atoms with Gasteiger partial charge in [0, 0.05) is 0 Å². The van der Waals surface area contributed by atoms with E-state index in [9.17, 15) is 10.1 Å². The molecule has 0 saturated carbocycles. The molecule has 1 heterocycles. The van der Waals surface area contributed by atoms with Gasteiger partial charge in [0.05, 0.1) is 17.1 Å². The van der Waals surface area contributed by atoms with Crippen molar-refractivity contribution < 1.29 is 4.79 Å². The third-order valence-electron chi connectivity index (χ3n) is 4.35. The lowest BCUT2D eigenvalue weighted by Crippen LogP contribution is -2.09. The molecule has 124 valence electrons. The van der Waals surface area contributed by atoms with Crippen molar-refractivity contribution in [3.05, 3.63) is 84.2 Å². The molecule has 4 heteroatoms. The summed E-state index contributed by atoms with van der Waals surface area (Å²) in [7, 11) is 0. The first-order valence-electron chi connectivity index (χ1n) is 8.30. The minimum absolute atomic E-state index is 0.292. The van der Waals surface area contributed by atoms with Gasteiger partial charge in [0.1, 0.15) is 5.82 Å². The van der Waals surface area contributed by atoms with E-state index in [0.717, 1.165) is 27.4 Å². The summed E-state index contributed by atoms with van der Waals surface area (Å²) < 4.78 is 0. The largest absolute Gasteiger partial charge is 0.340 e. The zero-order valence-electron chi connectivity index (χ0n) is 13.9. The highest BCUT2D eigenvalue weighted by molar-refractivity contribution is 6.02. The summed E-state index contributed by atoms with van der Waals surface area (Å²) in [6.45, 7) is 0. The molecular weight excluding hydrogens is 322 g/mol. The van der Waals surface area contributed by atoms with E-state index in [0.29, 0.717) is 5.82 Å². The number of allylic oxidation sites excluding steroid dienone is 1. The smallest absolute Gasteiger partial charge is 0.180 e. The Morgan fingerprint density at radius 3 is 2.65 bits per heavy atom. The number of aromatic nitrogens is 2. The number of fused-ring (bicyclic) bond motifs is 2. The maximum absolute atomic E-state index is 12.6. The number of nitrogens with zero attached hydrogens (tertiary/aromatic N) is 2. The van der Waals surface area contributed by atoms with Crippen LogP contribution < -0.4 is 0 Å². The van der Waals surface area contributed by atoms with Crippen LogP contribution in [0.25, 0.3) is 27.9 Å². The van der Waals surface area contributed by atoms with Crippen molar-refractivity contribution in [3.63, 3.8) is 0 Å². The Kier molecular flexibility index (Phi) is 4.04. The molecule has 3 aromatic carbocycles. The van der Waals surface area contributed by atoms with Crippen molar-refractivity contribution in [1.82, 2.24) is 9.97 Å². The van der Waals surface area contributed by atoms with E-state index in [1.54, 1.807) is 6.08 Å². The normalized spacial score (nSPS) is 12.4. The van der Waals surface area contributed by atoms with Crippen LogP contribution in [0.4, 0.5) is 0 Å². The first kappa shape index (κ1) is 15.8. The molecule has 4 nitrogen and oxygen atoms in total. The van der Waals surface area contributed by atoms with Gasteiger partial charge in [-0.1, -0.05) is 60.7 Å². The van der Waals surface area contributed by atoms with Crippen LogP contribution in [0.15, 0.2) is 72.8 Å². The predicted octanol–water partition coefficient (Wildman–Crippen LogP) is 4.61. The molecule has 0 saturated heterocycles. The number of para-hydroxylation sites is 2. The number of nitriles is 1. The number of aromatic amines is 1. The maximum atomic E-state index is 12.6. The van der Waals surface area contributed by atoms with Gasteiger partial charge in [0.2, 0.25) is 0 Å². The molecule has 26 heavy (non-hydrogen) atoms. The van der Waals surface area contributed by atoms with Gasteiger partial charge in [-0.15, -0.1) is 0 Å². The highest BCUT2D eigenvalue weighted by Gasteiger charge is 2.21. The Morgan fingerprint density at radius 1 is 1.04 bits per heavy atom. The number of hydrogen-bond donors (Lipinski definition) is 1. The number of carbonyl (C=O) groups excluding carboxylic acids is 1. The lowest BCUT2D eigenvalue weighted by atomic mass is 10.0.